The van der Waals surface area contributed by atoms with Crippen molar-refractivity contribution >= 4 is 11.0 Å². The monoisotopic (exact) mass is 389 g/mol. The van der Waals surface area contributed by atoms with Gasteiger partial charge in [-0.3, -0.25) is 9.48 Å². The van der Waals surface area contributed by atoms with Crippen LogP contribution in [-0.2, 0) is 6.42 Å². The fourth-order valence-electron chi connectivity index (χ4n) is 3.58. The maximum atomic E-state index is 12.4. The van der Waals surface area contributed by atoms with E-state index in [0.717, 1.165) is 27.9 Å². The Morgan fingerprint density at radius 2 is 2.03 bits per heavy atom. The number of nitrogens with one attached hydrogen (secondary N) is 1. The van der Waals surface area contributed by atoms with Crippen molar-refractivity contribution in [3.8, 4) is 17.1 Å². The van der Waals surface area contributed by atoms with Gasteiger partial charge in [-0.05, 0) is 50.6 Å². The number of fused-ring (bicyclic) bond motifs is 1. The van der Waals surface area contributed by atoms with E-state index in [1.165, 1.54) is 0 Å². The van der Waals surface area contributed by atoms with E-state index >= 15 is 0 Å². The van der Waals surface area contributed by atoms with E-state index in [4.69, 9.17) is 14.8 Å². The normalized spacial score (nSPS) is 11.3. The van der Waals surface area contributed by atoms with Gasteiger partial charge < -0.3 is 9.72 Å². The number of hydrogen-bond donors (Lipinski definition) is 1. The average Bonchev–Trinajstić information content (AvgIpc) is 3.06. The van der Waals surface area contributed by atoms with Crippen molar-refractivity contribution in [2.24, 2.45) is 0 Å². The number of aromatic nitrogens is 5. The van der Waals surface area contributed by atoms with Crippen molar-refractivity contribution in [1.29, 1.82) is 0 Å². The summed E-state index contributed by atoms with van der Waals surface area (Å²) in [7, 11) is 1.62. The molecule has 0 aromatic carbocycles. The number of nitrogens with zero attached hydrogens (tertiary/aromatic N) is 4. The van der Waals surface area contributed by atoms with E-state index in [1.54, 1.807) is 31.6 Å². The molecule has 0 spiro atoms. The molecular formula is C22H23N5O2. The van der Waals surface area contributed by atoms with Crippen LogP contribution in [-0.4, -0.2) is 31.8 Å². The van der Waals surface area contributed by atoms with E-state index in [1.807, 2.05) is 29.8 Å². The molecule has 29 heavy (non-hydrogen) atoms. The molecule has 0 unspecified atom stereocenters. The number of aryl methyl sites for hydroxylation is 1. The van der Waals surface area contributed by atoms with Gasteiger partial charge in [0.05, 0.1) is 29.6 Å². The van der Waals surface area contributed by atoms with Crippen LogP contribution in [0.15, 0.2) is 47.5 Å². The Bertz CT molecular complexity index is 1240. The summed E-state index contributed by atoms with van der Waals surface area (Å²) >= 11 is 0. The van der Waals surface area contributed by atoms with E-state index in [-0.39, 0.29) is 11.6 Å². The van der Waals surface area contributed by atoms with Crippen LogP contribution < -0.4 is 10.3 Å². The molecule has 7 nitrogen and oxygen atoms in total. The Balaban J connectivity index is 1.99. The molecule has 4 aromatic heterocycles. The Morgan fingerprint density at radius 3 is 2.76 bits per heavy atom. The van der Waals surface area contributed by atoms with E-state index in [2.05, 4.69) is 23.8 Å². The first kappa shape index (κ1) is 18.9. The lowest BCUT2D eigenvalue weighted by molar-refractivity contribution is 0.393. The molecule has 0 saturated heterocycles. The van der Waals surface area contributed by atoms with Gasteiger partial charge in [-0.25, -0.2) is 9.97 Å². The predicted molar refractivity (Wildman–Crippen MR) is 112 cm³/mol. The summed E-state index contributed by atoms with van der Waals surface area (Å²) in [5.74, 6) is 0.587. The first-order valence-electron chi connectivity index (χ1n) is 9.54. The molecule has 4 rings (SSSR count). The Hall–Kier alpha value is -3.48. The van der Waals surface area contributed by atoms with Crippen molar-refractivity contribution in [3.63, 3.8) is 0 Å². The summed E-state index contributed by atoms with van der Waals surface area (Å²) < 4.78 is 7.44. The molecule has 0 aliphatic heterocycles. The maximum Gasteiger partial charge on any atom is 0.257 e. The maximum absolute atomic E-state index is 12.4. The standard InChI is InChI=1S/C22H23N5O2/c1-13(2)27-20-16(11-15-7-5-10-24-22(15)29-4)12-18(25-19(20)14(3)26-27)17-8-6-9-23-21(17)28/h5-10,12-13H,11H2,1-4H3,(H,23,28). The summed E-state index contributed by atoms with van der Waals surface area (Å²) in [6, 6.07) is 9.62. The van der Waals surface area contributed by atoms with Crippen LogP contribution >= 0.6 is 0 Å². The first-order valence-corrected chi connectivity index (χ1v) is 9.54. The number of methoxy groups -OCH3 is 1. The summed E-state index contributed by atoms with van der Waals surface area (Å²) in [6.45, 7) is 6.13. The molecule has 0 aliphatic rings. The van der Waals surface area contributed by atoms with Crippen LogP contribution in [0, 0.1) is 6.92 Å². The van der Waals surface area contributed by atoms with Crippen molar-refractivity contribution in [3.05, 3.63) is 69.9 Å². The molecule has 4 heterocycles. The highest BCUT2D eigenvalue weighted by Gasteiger charge is 2.19. The number of ether oxygens (including phenoxy) is 1. The summed E-state index contributed by atoms with van der Waals surface area (Å²) in [6.07, 6.45) is 3.92. The van der Waals surface area contributed by atoms with Gasteiger partial charge >= 0.3 is 0 Å². The summed E-state index contributed by atoms with van der Waals surface area (Å²) in [5.41, 5.74) is 5.59. The largest absolute Gasteiger partial charge is 0.481 e. The molecule has 0 amide bonds. The van der Waals surface area contributed by atoms with E-state index in [9.17, 15) is 4.79 Å². The molecule has 0 saturated carbocycles. The van der Waals surface area contributed by atoms with Crippen LogP contribution in [0.25, 0.3) is 22.3 Å². The molecule has 7 heteroatoms. The van der Waals surface area contributed by atoms with Gasteiger partial charge in [0, 0.05) is 30.4 Å². The predicted octanol–water partition coefficient (Wildman–Crippen LogP) is 3.67. The lowest BCUT2D eigenvalue weighted by Crippen LogP contribution is -2.09. The topological polar surface area (TPSA) is 85.7 Å². The second kappa shape index (κ2) is 7.50. The van der Waals surface area contributed by atoms with Crippen LogP contribution in [0.3, 0.4) is 0 Å². The second-order valence-corrected chi connectivity index (χ2v) is 7.25. The molecule has 4 aromatic rings. The third kappa shape index (κ3) is 3.40. The van der Waals surface area contributed by atoms with Crippen molar-refractivity contribution in [1.82, 2.24) is 24.7 Å². The fourth-order valence-corrected chi connectivity index (χ4v) is 3.58. The van der Waals surface area contributed by atoms with Crippen LogP contribution in [0.1, 0.15) is 36.7 Å². The lowest BCUT2D eigenvalue weighted by Gasteiger charge is -2.13. The van der Waals surface area contributed by atoms with E-state index < -0.39 is 0 Å². The number of hydrogen-bond acceptors (Lipinski definition) is 5. The highest BCUT2D eigenvalue weighted by atomic mass is 16.5. The first-order chi connectivity index (χ1) is 14.0. The van der Waals surface area contributed by atoms with Gasteiger partial charge in [0.15, 0.2) is 0 Å². The summed E-state index contributed by atoms with van der Waals surface area (Å²) in [4.78, 5) is 24.2. The third-order valence-electron chi connectivity index (χ3n) is 4.91. The number of aromatic amines is 1. The minimum atomic E-state index is -0.168. The number of rotatable bonds is 5. The minimum Gasteiger partial charge on any atom is -0.481 e. The average molecular weight is 389 g/mol. The second-order valence-electron chi connectivity index (χ2n) is 7.25. The molecule has 0 atom stereocenters. The minimum absolute atomic E-state index is 0.168. The van der Waals surface area contributed by atoms with Crippen molar-refractivity contribution < 1.29 is 4.74 Å². The fraction of sp³-hybridized carbons (Fsp3) is 0.273. The van der Waals surface area contributed by atoms with E-state index in [0.29, 0.717) is 23.6 Å². The lowest BCUT2D eigenvalue weighted by atomic mass is 10.0. The SMILES string of the molecule is COc1ncccc1Cc1cc(-c2ccc[nH]c2=O)nc2c(C)nn(C(C)C)c12. The molecule has 0 fully saturated rings. The van der Waals surface area contributed by atoms with Gasteiger partial charge in [0.25, 0.3) is 5.56 Å². The highest BCUT2D eigenvalue weighted by Crippen LogP contribution is 2.30. The zero-order valence-electron chi connectivity index (χ0n) is 16.9. The molecule has 0 radical (unpaired) electrons. The highest BCUT2D eigenvalue weighted by molar-refractivity contribution is 5.84. The van der Waals surface area contributed by atoms with Crippen molar-refractivity contribution in [2.45, 2.75) is 33.2 Å². The Labute approximate surface area is 168 Å². The van der Waals surface area contributed by atoms with Gasteiger partial charge in [-0.1, -0.05) is 6.07 Å². The molecule has 0 bridgehead atoms. The van der Waals surface area contributed by atoms with Gasteiger partial charge in [0.2, 0.25) is 5.88 Å². The van der Waals surface area contributed by atoms with Crippen LogP contribution in [0.5, 0.6) is 5.88 Å². The molecular weight excluding hydrogens is 366 g/mol. The Kier molecular flexibility index (Phi) is 4.88. The van der Waals surface area contributed by atoms with Gasteiger partial charge in [0.1, 0.15) is 5.52 Å². The third-order valence-corrected chi connectivity index (χ3v) is 4.91. The smallest absolute Gasteiger partial charge is 0.257 e. The zero-order chi connectivity index (χ0) is 20.5. The molecule has 148 valence electrons. The van der Waals surface area contributed by atoms with Crippen LogP contribution in [0.2, 0.25) is 0 Å². The quantitative estimate of drug-likeness (QED) is 0.563. The van der Waals surface area contributed by atoms with Crippen LogP contribution in [0.4, 0.5) is 0 Å². The molecule has 0 aliphatic carbocycles. The molecule has 1 N–H and O–H groups in total. The van der Waals surface area contributed by atoms with Gasteiger partial charge in [-0.2, -0.15) is 5.10 Å². The summed E-state index contributed by atoms with van der Waals surface area (Å²) in [5, 5.41) is 4.71. The zero-order valence-corrected chi connectivity index (χ0v) is 16.9. The number of H-pyrrole nitrogens is 1. The number of pyridine rings is 3. The van der Waals surface area contributed by atoms with Gasteiger partial charge in [-0.15, -0.1) is 0 Å². The Morgan fingerprint density at radius 1 is 1.21 bits per heavy atom. The van der Waals surface area contributed by atoms with Crippen molar-refractivity contribution in [2.75, 3.05) is 7.11 Å².